The topological polar surface area (TPSA) is 94.5 Å². The molecule has 3 aromatic carbocycles. The van der Waals surface area contributed by atoms with E-state index in [1.807, 2.05) is 27.7 Å². The highest BCUT2D eigenvalue weighted by molar-refractivity contribution is 6.51. The molecule has 204 valence electrons. The second-order valence-electron chi connectivity index (χ2n) is 9.36. The quantitative estimate of drug-likeness (QED) is 0.211. The maximum absolute atomic E-state index is 13.6. The Hall–Kier alpha value is -4.46. The van der Waals surface area contributed by atoms with E-state index in [2.05, 4.69) is 0 Å². The van der Waals surface area contributed by atoms with Crippen LogP contribution >= 0.6 is 0 Å². The number of anilines is 1. The van der Waals surface area contributed by atoms with E-state index in [1.165, 1.54) is 19.1 Å². The molecule has 4 rings (SSSR count). The van der Waals surface area contributed by atoms with Crippen LogP contribution < -0.4 is 23.8 Å². The van der Waals surface area contributed by atoms with Gasteiger partial charge in [-0.05, 0) is 81.3 Å². The minimum absolute atomic E-state index is 0.0223. The molecule has 0 saturated carbocycles. The zero-order valence-corrected chi connectivity index (χ0v) is 23.0. The van der Waals surface area contributed by atoms with Gasteiger partial charge in [0.05, 0.1) is 38.5 Å². The van der Waals surface area contributed by atoms with Crippen LogP contribution in [0.3, 0.4) is 0 Å². The van der Waals surface area contributed by atoms with Crippen molar-refractivity contribution in [2.75, 3.05) is 25.7 Å². The number of ether oxygens (including phenoxy) is 4. The van der Waals surface area contributed by atoms with Crippen molar-refractivity contribution in [1.29, 1.82) is 0 Å². The van der Waals surface area contributed by atoms with Gasteiger partial charge in [-0.1, -0.05) is 12.1 Å². The van der Waals surface area contributed by atoms with Crippen molar-refractivity contribution in [1.82, 2.24) is 0 Å². The molecular weight excluding hydrogens is 498 g/mol. The minimum atomic E-state index is -0.936. The Labute approximate surface area is 228 Å². The number of Topliss-reactive ketones (excluding diaryl/α,β-unsaturated/α-hetero) is 1. The molecule has 1 N–H and O–H groups in total. The summed E-state index contributed by atoms with van der Waals surface area (Å²) in [5.74, 6) is 0.321. The highest BCUT2D eigenvalue weighted by Gasteiger charge is 2.47. The Bertz CT molecular complexity index is 1430. The van der Waals surface area contributed by atoms with Gasteiger partial charge in [0.25, 0.3) is 11.7 Å². The van der Waals surface area contributed by atoms with Gasteiger partial charge in [-0.15, -0.1) is 0 Å². The maximum atomic E-state index is 13.6. The predicted octanol–water partition coefficient (Wildman–Crippen LogP) is 5.82. The molecule has 1 unspecified atom stereocenters. The second kappa shape index (κ2) is 11.5. The largest absolute Gasteiger partial charge is 0.507 e. The van der Waals surface area contributed by atoms with Crippen LogP contribution in [0.1, 0.15) is 43.5 Å². The molecule has 0 spiro atoms. The number of carbonyl (C=O) groups is 2. The van der Waals surface area contributed by atoms with Gasteiger partial charge in [0.1, 0.15) is 17.3 Å². The van der Waals surface area contributed by atoms with Crippen LogP contribution in [0.15, 0.2) is 66.2 Å². The molecule has 1 saturated heterocycles. The number of aryl methyl sites for hydroxylation is 1. The number of benzene rings is 3. The van der Waals surface area contributed by atoms with E-state index >= 15 is 0 Å². The first-order valence-electron chi connectivity index (χ1n) is 12.7. The lowest BCUT2D eigenvalue weighted by atomic mass is 9.94. The van der Waals surface area contributed by atoms with Crippen LogP contribution in [0.5, 0.6) is 23.0 Å². The second-order valence-corrected chi connectivity index (χ2v) is 9.36. The molecule has 0 radical (unpaired) electrons. The lowest BCUT2D eigenvalue weighted by Gasteiger charge is -2.26. The average molecular weight is 532 g/mol. The van der Waals surface area contributed by atoms with E-state index in [0.29, 0.717) is 46.4 Å². The molecule has 1 fully saturated rings. The molecule has 8 nitrogen and oxygen atoms in total. The first-order valence-corrected chi connectivity index (χ1v) is 12.7. The molecule has 0 aromatic heterocycles. The smallest absolute Gasteiger partial charge is 0.300 e. The zero-order valence-electron chi connectivity index (χ0n) is 23.0. The Kier molecular flexibility index (Phi) is 8.14. The third-order valence-corrected chi connectivity index (χ3v) is 6.39. The number of hydrogen-bond acceptors (Lipinski definition) is 7. The SMILES string of the molecule is CCOc1cc(C2/C(=C(/O)c3ccc(OC(C)C)c(C)c3)C(=O)C(=O)N2c2cccc(OC)c2)ccc1OC. The summed E-state index contributed by atoms with van der Waals surface area (Å²) in [6.07, 6.45) is -0.0223. The lowest BCUT2D eigenvalue weighted by molar-refractivity contribution is -0.132. The molecular formula is C31H33NO7. The van der Waals surface area contributed by atoms with Gasteiger partial charge in [-0.2, -0.15) is 0 Å². The van der Waals surface area contributed by atoms with Crippen molar-refractivity contribution in [3.8, 4) is 23.0 Å². The number of carbonyl (C=O) groups excluding carboxylic acids is 2. The normalized spacial score (nSPS) is 16.5. The average Bonchev–Trinajstić information content (AvgIpc) is 3.19. The molecule has 3 aromatic rings. The van der Waals surface area contributed by atoms with Gasteiger partial charge in [0.15, 0.2) is 11.5 Å². The molecule has 1 heterocycles. The number of rotatable bonds is 9. The highest BCUT2D eigenvalue weighted by Crippen LogP contribution is 2.45. The highest BCUT2D eigenvalue weighted by atomic mass is 16.5. The fraction of sp³-hybridized carbons (Fsp3) is 0.290. The monoisotopic (exact) mass is 531 g/mol. The van der Waals surface area contributed by atoms with Crippen LogP contribution in [0, 0.1) is 6.92 Å². The first kappa shape index (κ1) is 27.6. The number of methoxy groups -OCH3 is 2. The Morgan fingerprint density at radius 1 is 0.949 bits per heavy atom. The van der Waals surface area contributed by atoms with Gasteiger partial charge in [0, 0.05) is 17.3 Å². The number of amides is 1. The Morgan fingerprint density at radius 2 is 1.69 bits per heavy atom. The summed E-state index contributed by atoms with van der Waals surface area (Å²) in [5, 5.41) is 11.5. The summed E-state index contributed by atoms with van der Waals surface area (Å²) in [7, 11) is 3.06. The lowest BCUT2D eigenvalue weighted by Crippen LogP contribution is -2.29. The first-order chi connectivity index (χ1) is 18.7. The molecule has 39 heavy (non-hydrogen) atoms. The van der Waals surface area contributed by atoms with Crippen LogP contribution in [0.2, 0.25) is 0 Å². The van der Waals surface area contributed by atoms with E-state index in [9.17, 15) is 14.7 Å². The molecule has 1 amide bonds. The number of aliphatic hydroxyl groups excluding tert-OH is 1. The fourth-order valence-electron chi connectivity index (χ4n) is 4.64. The van der Waals surface area contributed by atoms with E-state index < -0.39 is 17.7 Å². The number of nitrogens with zero attached hydrogens (tertiary/aromatic N) is 1. The Balaban J connectivity index is 1.93. The Morgan fingerprint density at radius 3 is 2.33 bits per heavy atom. The summed E-state index contributed by atoms with van der Waals surface area (Å²) < 4.78 is 22.4. The van der Waals surface area contributed by atoms with Crippen molar-refractivity contribution >= 4 is 23.1 Å². The van der Waals surface area contributed by atoms with Gasteiger partial charge >= 0.3 is 0 Å². The van der Waals surface area contributed by atoms with Crippen molar-refractivity contribution < 1.29 is 33.6 Å². The van der Waals surface area contributed by atoms with E-state index in [4.69, 9.17) is 18.9 Å². The van der Waals surface area contributed by atoms with Crippen molar-refractivity contribution in [3.63, 3.8) is 0 Å². The van der Waals surface area contributed by atoms with E-state index in [-0.39, 0.29) is 17.4 Å². The molecule has 1 aliphatic rings. The van der Waals surface area contributed by atoms with E-state index in [0.717, 1.165) is 5.56 Å². The summed E-state index contributed by atoms with van der Waals surface area (Å²) in [4.78, 5) is 28.4. The summed E-state index contributed by atoms with van der Waals surface area (Å²) in [6.45, 7) is 7.96. The molecule has 8 heteroatoms. The van der Waals surface area contributed by atoms with Crippen molar-refractivity contribution in [3.05, 3.63) is 82.9 Å². The van der Waals surface area contributed by atoms with Gasteiger partial charge in [-0.3, -0.25) is 14.5 Å². The van der Waals surface area contributed by atoms with Crippen LogP contribution in [0.4, 0.5) is 5.69 Å². The number of hydrogen-bond donors (Lipinski definition) is 1. The van der Waals surface area contributed by atoms with Crippen LogP contribution in [-0.4, -0.2) is 43.7 Å². The van der Waals surface area contributed by atoms with Crippen LogP contribution in [-0.2, 0) is 9.59 Å². The fourth-order valence-corrected chi connectivity index (χ4v) is 4.64. The van der Waals surface area contributed by atoms with Crippen LogP contribution in [0.25, 0.3) is 5.76 Å². The summed E-state index contributed by atoms with van der Waals surface area (Å²) in [5.41, 5.74) is 2.17. The third kappa shape index (κ3) is 5.41. The molecule has 1 aliphatic heterocycles. The predicted molar refractivity (Wildman–Crippen MR) is 149 cm³/mol. The summed E-state index contributed by atoms with van der Waals surface area (Å²) >= 11 is 0. The molecule has 0 aliphatic carbocycles. The minimum Gasteiger partial charge on any atom is -0.507 e. The van der Waals surface area contributed by atoms with Gasteiger partial charge < -0.3 is 24.1 Å². The molecule has 0 bridgehead atoms. The van der Waals surface area contributed by atoms with E-state index in [1.54, 1.807) is 60.7 Å². The number of aliphatic hydroxyl groups is 1. The molecule has 1 atom stereocenters. The standard InChI is InChI=1S/C31H33NO7/c1-7-38-26-16-20(11-14-25(26)37-6)28-27(29(33)21-12-13-24(19(4)15-21)39-18(2)3)30(34)31(35)32(28)22-9-8-10-23(17-22)36-5/h8-18,28,33H,7H2,1-6H3/b29-27-. The van der Waals surface area contributed by atoms with Crippen molar-refractivity contribution in [2.45, 2.75) is 39.8 Å². The third-order valence-electron chi connectivity index (χ3n) is 6.39. The van der Waals surface area contributed by atoms with Gasteiger partial charge in [-0.25, -0.2) is 0 Å². The van der Waals surface area contributed by atoms with Crippen molar-refractivity contribution in [2.24, 2.45) is 0 Å². The maximum Gasteiger partial charge on any atom is 0.300 e. The summed E-state index contributed by atoms with van der Waals surface area (Å²) in [6, 6.07) is 16.3. The van der Waals surface area contributed by atoms with Gasteiger partial charge in [0.2, 0.25) is 0 Å². The number of ketones is 1. The zero-order chi connectivity index (χ0) is 28.3.